The number of nitro groups is 1. The van der Waals surface area contributed by atoms with Crippen LogP contribution in [-0.4, -0.2) is 16.2 Å². The van der Waals surface area contributed by atoms with E-state index < -0.39 is 16.2 Å². The van der Waals surface area contributed by atoms with Crippen molar-refractivity contribution in [2.45, 2.75) is 0 Å². The number of nitrogens with zero attached hydrogens (tertiary/aromatic N) is 1. The highest BCUT2D eigenvalue weighted by molar-refractivity contribution is 5.73. The Labute approximate surface area is 78.0 Å². The molecule has 0 aliphatic rings. The smallest absolute Gasteiger partial charge is 0.323 e. The van der Waals surface area contributed by atoms with Crippen molar-refractivity contribution in [2.24, 2.45) is 0 Å². The summed E-state index contributed by atoms with van der Waals surface area (Å²) in [6, 6.07) is 1.10. The highest BCUT2D eigenvalue weighted by Crippen LogP contribution is 2.07. The molecular formula is C8H6N2O4. The molecular weight excluding hydrogens is 188 g/mol. The molecule has 6 nitrogen and oxygen atoms in total. The first-order valence-corrected chi connectivity index (χ1v) is 3.64. The van der Waals surface area contributed by atoms with E-state index in [1.54, 1.807) is 0 Å². The predicted molar refractivity (Wildman–Crippen MR) is 48.8 cm³/mol. The maximum atomic E-state index is 10.9. The fraction of sp³-hybridized carbons (Fsp3) is 0. The Morgan fingerprint density at radius 2 is 2.21 bits per heavy atom. The van der Waals surface area contributed by atoms with Gasteiger partial charge in [0, 0.05) is 12.3 Å². The van der Waals surface area contributed by atoms with Crippen LogP contribution in [0.5, 0.6) is 0 Å². The number of carbonyl (C=O) groups is 1. The summed E-state index contributed by atoms with van der Waals surface area (Å²) < 4.78 is 0. The number of nitrogens with one attached hydrogen (secondary N) is 1. The van der Waals surface area contributed by atoms with Gasteiger partial charge in [0.25, 0.3) is 0 Å². The van der Waals surface area contributed by atoms with Crippen molar-refractivity contribution in [1.29, 1.82) is 0 Å². The van der Waals surface area contributed by atoms with Gasteiger partial charge in [0.2, 0.25) is 0 Å². The van der Waals surface area contributed by atoms with Crippen molar-refractivity contribution in [1.82, 2.24) is 4.98 Å². The van der Waals surface area contributed by atoms with Crippen LogP contribution < -0.4 is 5.56 Å². The number of rotatable bonds is 3. The van der Waals surface area contributed by atoms with Gasteiger partial charge in [-0.15, -0.1) is 0 Å². The van der Waals surface area contributed by atoms with Gasteiger partial charge in [-0.2, -0.15) is 0 Å². The minimum Gasteiger partial charge on any atom is -0.323 e. The van der Waals surface area contributed by atoms with Crippen molar-refractivity contribution in [3.8, 4) is 0 Å². The molecule has 0 aliphatic heterocycles. The largest absolute Gasteiger partial charge is 0.334 e. The monoisotopic (exact) mass is 194 g/mol. The quantitative estimate of drug-likeness (QED) is 0.328. The molecule has 72 valence electrons. The van der Waals surface area contributed by atoms with Crippen LogP contribution in [0.3, 0.4) is 0 Å². The molecule has 1 rings (SSSR count). The zero-order valence-corrected chi connectivity index (χ0v) is 6.97. The molecule has 1 aromatic rings. The second-order valence-corrected chi connectivity index (χ2v) is 2.40. The van der Waals surface area contributed by atoms with Crippen molar-refractivity contribution < 1.29 is 9.72 Å². The molecule has 0 spiro atoms. The van der Waals surface area contributed by atoms with E-state index in [4.69, 9.17) is 0 Å². The average Bonchev–Trinajstić information content (AvgIpc) is 2.16. The van der Waals surface area contributed by atoms with E-state index in [0.29, 0.717) is 11.8 Å². The number of aldehydes is 1. The molecule has 0 aromatic carbocycles. The summed E-state index contributed by atoms with van der Waals surface area (Å²) in [6.45, 7) is 0. The molecule has 0 unspecified atom stereocenters. The van der Waals surface area contributed by atoms with Crippen molar-refractivity contribution in [3.63, 3.8) is 0 Å². The first-order chi connectivity index (χ1) is 6.65. The fourth-order valence-corrected chi connectivity index (χ4v) is 0.870. The molecule has 0 saturated carbocycles. The van der Waals surface area contributed by atoms with Gasteiger partial charge >= 0.3 is 11.2 Å². The number of hydrogen-bond acceptors (Lipinski definition) is 4. The van der Waals surface area contributed by atoms with E-state index in [2.05, 4.69) is 4.98 Å². The van der Waals surface area contributed by atoms with E-state index in [0.717, 1.165) is 6.07 Å². The molecule has 0 bridgehead atoms. The van der Waals surface area contributed by atoms with Gasteiger partial charge in [0.05, 0.1) is 4.92 Å². The first-order valence-electron chi connectivity index (χ1n) is 3.64. The molecule has 0 saturated heterocycles. The summed E-state index contributed by atoms with van der Waals surface area (Å²) >= 11 is 0. The normalized spacial score (nSPS) is 10.3. The van der Waals surface area contributed by atoms with Crippen LogP contribution in [0, 0.1) is 10.1 Å². The third-order valence-electron chi connectivity index (χ3n) is 1.47. The highest BCUT2D eigenvalue weighted by atomic mass is 16.6. The van der Waals surface area contributed by atoms with Crippen LogP contribution in [0.2, 0.25) is 0 Å². The molecule has 0 radical (unpaired) electrons. The molecule has 6 heteroatoms. The number of pyridine rings is 1. The topological polar surface area (TPSA) is 93.1 Å². The SMILES string of the molecule is O=CC=Cc1c[nH]c(=O)c([N+](=O)[O-])c1. The molecule has 0 fully saturated rings. The van der Waals surface area contributed by atoms with Crippen LogP contribution in [0.1, 0.15) is 5.56 Å². The highest BCUT2D eigenvalue weighted by Gasteiger charge is 2.11. The number of aromatic amines is 1. The molecule has 1 heterocycles. The lowest BCUT2D eigenvalue weighted by Gasteiger charge is -1.92. The number of carbonyl (C=O) groups excluding carboxylic acids is 1. The van der Waals surface area contributed by atoms with Gasteiger partial charge in [-0.25, -0.2) is 0 Å². The zero-order chi connectivity index (χ0) is 10.6. The van der Waals surface area contributed by atoms with E-state index in [1.165, 1.54) is 18.3 Å². The molecule has 1 aromatic heterocycles. The van der Waals surface area contributed by atoms with Gasteiger partial charge in [-0.1, -0.05) is 6.08 Å². The van der Waals surface area contributed by atoms with Gasteiger partial charge in [0.1, 0.15) is 6.29 Å². The molecule has 0 amide bonds. The minimum absolute atomic E-state index is 0.392. The van der Waals surface area contributed by atoms with Gasteiger partial charge in [-0.05, 0) is 11.6 Å². The van der Waals surface area contributed by atoms with Crippen molar-refractivity contribution in [2.75, 3.05) is 0 Å². The van der Waals surface area contributed by atoms with Crippen LogP contribution >= 0.6 is 0 Å². The Morgan fingerprint density at radius 3 is 2.79 bits per heavy atom. The Bertz CT molecular complexity index is 447. The standard InChI is InChI=1S/C8H6N2O4/c11-3-1-2-6-4-7(10(13)14)8(12)9-5-6/h1-5H,(H,9,12). The number of allylic oxidation sites excluding steroid dienone is 1. The Balaban J connectivity index is 3.19. The summed E-state index contributed by atoms with van der Waals surface area (Å²) in [6.07, 6.45) is 4.36. The molecule has 14 heavy (non-hydrogen) atoms. The lowest BCUT2D eigenvalue weighted by Crippen LogP contribution is -2.10. The van der Waals surface area contributed by atoms with Crippen molar-refractivity contribution >= 4 is 18.0 Å². The van der Waals surface area contributed by atoms with E-state index in [-0.39, 0.29) is 0 Å². The predicted octanol–water partition coefficient (Wildman–Crippen LogP) is 0.495. The summed E-state index contributed by atoms with van der Waals surface area (Å²) in [4.78, 5) is 32.6. The number of hydrogen-bond donors (Lipinski definition) is 1. The third-order valence-corrected chi connectivity index (χ3v) is 1.47. The lowest BCUT2D eigenvalue weighted by atomic mass is 10.2. The average molecular weight is 194 g/mol. The summed E-state index contributed by atoms with van der Waals surface area (Å²) in [5, 5.41) is 10.3. The second-order valence-electron chi connectivity index (χ2n) is 2.40. The first kappa shape index (κ1) is 9.85. The van der Waals surface area contributed by atoms with Crippen LogP contribution in [-0.2, 0) is 4.79 Å². The maximum absolute atomic E-state index is 10.9. The van der Waals surface area contributed by atoms with Gasteiger partial charge in [-0.3, -0.25) is 19.7 Å². The van der Waals surface area contributed by atoms with Gasteiger partial charge < -0.3 is 4.98 Å². The maximum Gasteiger partial charge on any atom is 0.334 e. The Morgan fingerprint density at radius 1 is 1.50 bits per heavy atom. The Kier molecular flexibility index (Phi) is 2.90. The zero-order valence-electron chi connectivity index (χ0n) is 6.97. The van der Waals surface area contributed by atoms with Crippen LogP contribution in [0.25, 0.3) is 6.08 Å². The Hall–Kier alpha value is -2.24. The minimum atomic E-state index is -0.781. The molecule has 0 aliphatic carbocycles. The van der Waals surface area contributed by atoms with Gasteiger partial charge in [0.15, 0.2) is 0 Å². The number of aromatic nitrogens is 1. The van der Waals surface area contributed by atoms with E-state index in [1.807, 2.05) is 0 Å². The van der Waals surface area contributed by atoms with Crippen molar-refractivity contribution in [3.05, 3.63) is 44.4 Å². The third kappa shape index (κ3) is 2.13. The van der Waals surface area contributed by atoms with Crippen LogP contribution in [0.4, 0.5) is 5.69 Å². The molecule has 0 atom stereocenters. The summed E-state index contributed by atoms with van der Waals surface area (Å²) in [5.41, 5.74) is -0.917. The summed E-state index contributed by atoms with van der Waals surface area (Å²) in [7, 11) is 0. The fourth-order valence-electron chi connectivity index (χ4n) is 0.870. The van der Waals surface area contributed by atoms with Crippen LogP contribution in [0.15, 0.2) is 23.1 Å². The second kappa shape index (κ2) is 4.13. The van der Waals surface area contributed by atoms with E-state index in [9.17, 15) is 19.7 Å². The lowest BCUT2D eigenvalue weighted by molar-refractivity contribution is -0.386. The summed E-state index contributed by atoms with van der Waals surface area (Å²) in [5.74, 6) is 0. The number of H-pyrrole nitrogens is 1. The van der Waals surface area contributed by atoms with E-state index >= 15 is 0 Å². The molecule has 1 N–H and O–H groups in total.